The number of hydrogen-bond donors (Lipinski definition) is 1. The van der Waals surface area contributed by atoms with Crippen LogP contribution in [0, 0.1) is 5.92 Å². The number of benzene rings is 1. The number of anilines is 1. The summed E-state index contributed by atoms with van der Waals surface area (Å²) in [6.07, 6.45) is 4.09. The molecule has 0 unspecified atom stereocenters. The van der Waals surface area contributed by atoms with Gasteiger partial charge in [-0.2, -0.15) is 0 Å². The average molecular weight is 347 g/mol. The van der Waals surface area contributed by atoms with Gasteiger partial charge < -0.3 is 10.6 Å². The molecule has 21 heavy (non-hydrogen) atoms. The van der Waals surface area contributed by atoms with Crippen molar-refractivity contribution in [2.45, 2.75) is 12.8 Å². The maximum atomic E-state index is 5.75. The van der Waals surface area contributed by atoms with E-state index in [9.17, 15) is 0 Å². The van der Waals surface area contributed by atoms with Crippen LogP contribution in [0.4, 0.5) is 5.95 Å². The van der Waals surface area contributed by atoms with Gasteiger partial charge in [-0.05, 0) is 43.5 Å². The molecule has 1 aliphatic heterocycles. The first-order chi connectivity index (χ1) is 10.3. The fraction of sp³-hybridized carbons (Fsp3) is 0.375. The summed E-state index contributed by atoms with van der Waals surface area (Å²) < 4.78 is 1.06. The fourth-order valence-electron chi connectivity index (χ4n) is 2.68. The zero-order chi connectivity index (χ0) is 14.7. The molecule has 110 valence electrons. The first kappa shape index (κ1) is 14.5. The van der Waals surface area contributed by atoms with Gasteiger partial charge in [-0.1, -0.05) is 28.1 Å². The number of aromatic nitrogens is 2. The van der Waals surface area contributed by atoms with Gasteiger partial charge >= 0.3 is 0 Å². The Bertz CT molecular complexity index is 609. The maximum absolute atomic E-state index is 5.75. The van der Waals surface area contributed by atoms with Crippen LogP contribution < -0.4 is 10.6 Å². The number of piperidine rings is 1. The van der Waals surface area contributed by atoms with Crippen LogP contribution in [-0.2, 0) is 0 Å². The van der Waals surface area contributed by atoms with Gasteiger partial charge in [-0.15, -0.1) is 0 Å². The Balaban J connectivity index is 1.81. The minimum absolute atomic E-state index is 0.648. The molecule has 0 bridgehead atoms. The van der Waals surface area contributed by atoms with Crippen molar-refractivity contribution < 1.29 is 0 Å². The van der Waals surface area contributed by atoms with Crippen LogP contribution in [0.2, 0.25) is 0 Å². The zero-order valence-electron chi connectivity index (χ0n) is 11.9. The van der Waals surface area contributed by atoms with Gasteiger partial charge in [0.2, 0.25) is 5.95 Å². The van der Waals surface area contributed by atoms with Crippen LogP contribution in [-0.4, -0.2) is 29.6 Å². The highest BCUT2D eigenvalue weighted by Gasteiger charge is 2.20. The van der Waals surface area contributed by atoms with E-state index in [2.05, 4.69) is 37.9 Å². The van der Waals surface area contributed by atoms with Crippen molar-refractivity contribution in [2.75, 3.05) is 24.5 Å². The lowest BCUT2D eigenvalue weighted by molar-refractivity contribution is 0.411. The Hall–Kier alpha value is -1.46. The Labute approximate surface area is 133 Å². The predicted octanol–water partition coefficient (Wildman–Crippen LogP) is 3.08. The number of nitrogens with two attached hydrogens (primary N) is 1. The normalized spacial score (nSPS) is 16.2. The lowest BCUT2D eigenvalue weighted by Crippen LogP contribution is -2.37. The van der Waals surface area contributed by atoms with Crippen molar-refractivity contribution in [1.29, 1.82) is 0 Å². The van der Waals surface area contributed by atoms with Crippen LogP contribution >= 0.6 is 15.9 Å². The number of halogens is 1. The SMILES string of the molecule is NCC1CCN(c2nccc(-c3cccc(Br)c3)n2)CC1. The van der Waals surface area contributed by atoms with Crippen molar-refractivity contribution >= 4 is 21.9 Å². The highest BCUT2D eigenvalue weighted by molar-refractivity contribution is 9.10. The van der Waals surface area contributed by atoms with Crippen LogP contribution in [0.25, 0.3) is 11.3 Å². The highest BCUT2D eigenvalue weighted by atomic mass is 79.9. The third-order valence-electron chi connectivity index (χ3n) is 3.99. The Morgan fingerprint density at radius 2 is 2.05 bits per heavy atom. The Kier molecular flexibility index (Phi) is 4.51. The van der Waals surface area contributed by atoms with Crippen molar-refractivity contribution in [3.8, 4) is 11.3 Å². The van der Waals surface area contributed by atoms with Crippen molar-refractivity contribution in [3.63, 3.8) is 0 Å². The zero-order valence-corrected chi connectivity index (χ0v) is 13.5. The minimum Gasteiger partial charge on any atom is -0.341 e. The highest BCUT2D eigenvalue weighted by Crippen LogP contribution is 2.24. The molecule has 1 aromatic carbocycles. The van der Waals surface area contributed by atoms with Gasteiger partial charge in [0.1, 0.15) is 0 Å². The summed E-state index contributed by atoms with van der Waals surface area (Å²) in [6.45, 7) is 2.76. The van der Waals surface area contributed by atoms with Gasteiger partial charge in [-0.25, -0.2) is 9.97 Å². The van der Waals surface area contributed by atoms with E-state index in [1.54, 1.807) is 0 Å². The van der Waals surface area contributed by atoms with E-state index in [0.717, 1.165) is 54.2 Å². The summed E-state index contributed by atoms with van der Waals surface area (Å²) >= 11 is 3.50. The summed E-state index contributed by atoms with van der Waals surface area (Å²) in [7, 11) is 0. The molecule has 2 N–H and O–H groups in total. The summed E-state index contributed by atoms with van der Waals surface area (Å²) in [5, 5.41) is 0. The van der Waals surface area contributed by atoms with E-state index in [1.807, 2.05) is 24.4 Å². The van der Waals surface area contributed by atoms with E-state index in [1.165, 1.54) is 0 Å². The molecule has 0 spiro atoms. The number of rotatable bonds is 3. The second-order valence-electron chi connectivity index (χ2n) is 5.42. The molecule has 1 aromatic heterocycles. The molecule has 0 aliphatic carbocycles. The molecule has 4 nitrogen and oxygen atoms in total. The molecule has 2 heterocycles. The summed E-state index contributed by atoms with van der Waals surface area (Å²) in [4.78, 5) is 11.4. The molecule has 0 amide bonds. The smallest absolute Gasteiger partial charge is 0.225 e. The van der Waals surface area contributed by atoms with E-state index in [-0.39, 0.29) is 0 Å². The Morgan fingerprint density at radius 3 is 2.76 bits per heavy atom. The van der Waals surface area contributed by atoms with Crippen molar-refractivity contribution in [3.05, 3.63) is 41.0 Å². The van der Waals surface area contributed by atoms with Crippen molar-refractivity contribution in [1.82, 2.24) is 9.97 Å². The molecular formula is C16H19BrN4. The molecular weight excluding hydrogens is 328 g/mol. The molecule has 0 saturated carbocycles. The molecule has 2 aromatic rings. The first-order valence-corrected chi connectivity index (χ1v) is 8.09. The standard InChI is InChI=1S/C16H19BrN4/c17-14-3-1-2-13(10-14)15-4-7-19-16(20-15)21-8-5-12(11-18)6-9-21/h1-4,7,10,12H,5-6,8-9,11,18H2. The molecule has 5 heteroatoms. The average Bonchev–Trinajstić information content (AvgIpc) is 2.55. The van der Waals surface area contributed by atoms with E-state index >= 15 is 0 Å². The minimum atomic E-state index is 0.648. The fourth-order valence-corrected chi connectivity index (χ4v) is 3.08. The topological polar surface area (TPSA) is 55.0 Å². The quantitative estimate of drug-likeness (QED) is 0.927. The lowest BCUT2D eigenvalue weighted by Gasteiger charge is -2.31. The largest absolute Gasteiger partial charge is 0.341 e. The molecule has 0 radical (unpaired) electrons. The van der Waals surface area contributed by atoms with Crippen LogP contribution in [0.1, 0.15) is 12.8 Å². The number of hydrogen-bond acceptors (Lipinski definition) is 4. The predicted molar refractivity (Wildman–Crippen MR) is 89.2 cm³/mol. The Morgan fingerprint density at radius 1 is 1.24 bits per heavy atom. The molecule has 0 atom stereocenters. The second kappa shape index (κ2) is 6.54. The molecule has 1 saturated heterocycles. The van der Waals surface area contributed by atoms with Gasteiger partial charge in [-0.3, -0.25) is 0 Å². The second-order valence-corrected chi connectivity index (χ2v) is 6.33. The summed E-state index contributed by atoms with van der Waals surface area (Å²) in [6, 6.07) is 10.1. The number of nitrogens with zero attached hydrogens (tertiary/aromatic N) is 3. The third-order valence-corrected chi connectivity index (χ3v) is 4.49. The van der Waals surface area contributed by atoms with Crippen LogP contribution in [0.5, 0.6) is 0 Å². The van der Waals surface area contributed by atoms with Gasteiger partial charge in [0, 0.05) is 29.3 Å². The third kappa shape index (κ3) is 3.41. The monoisotopic (exact) mass is 346 g/mol. The summed E-state index contributed by atoms with van der Waals surface area (Å²) in [5.41, 5.74) is 7.81. The summed E-state index contributed by atoms with van der Waals surface area (Å²) in [5.74, 6) is 1.47. The van der Waals surface area contributed by atoms with Crippen LogP contribution in [0.15, 0.2) is 41.0 Å². The first-order valence-electron chi connectivity index (χ1n) is 7.30. The van der Waals surface area contributed by atoms with E-state index in [0.29, 0.717) is 5.92 Å². The van der Waals surface area contributed by atoms with Gasteiger partial charge in [0.15, 0.2) is 0 Å². The molecule has 1 aliphatic rings. The lowest BCUT2D eigenvalue weighted by atomic mass is 9.97. The molecule has 3 rings (SSSR count). The van der Waals surface area contributed by atoms with E-state index in [4.69, 9.17) is 10.7 Å². The van der Waals surface area contributed by atoms with Gasteiger partial charge in [0.25, 0.3) is 0 Å². The van der Waals surface area contributed by atoms with E-state index < -0.39 is 0 Å². The molecule has 1 fully saturated rings. The van der Waals surface area contributed by atoms with Gasteiger partial charge in [0.05, 0.1) is 5.69 Å². The maximum Gasteiger partial charge on any atom is 0.225 e. The van der Waals surface area contributed by atoms with Crippen LogP contribution in [0.3, 0.4) is 0 Å². The van der Waals surface area contributed by atoms with Crippen molar-refractivity contribution in [2.24, 2.45) is 11.7 Å².